The Morgan fingerprint density at radius 3 is 1.65 bits per heavy atom. The van der Waals surface area contributed by atoms with Crippen LogP contribution in [0.5, 0.6) is 17.2 Å². The minimum absolute atomic E-state index is 0.0490. The first-order valence-electron chi connectivity index (χ1n) is 13.6. The van der Waals surface area contributed by atoms with E-state index in [1.807, 2.05) is 18.2 Å². The molecule has 3 aromatic rings. The van der Waals surface area contributed by atoms with Crippen molar-refractivity contribution in [3.8, 4) is 39.5 Å². The molecule has 9 heteroatoms. The molecule has 3 aromatic carbocycles. The van der Waals surface area contributed by atoms with E-state index < -0.39 is 0 Å². The summed E-state index contributed by atoms with van der Waals surface area (Å²) in [6.07, 6.45) is 0.792. The predicted molar refractivity (Wildman–Crippen MR) is 150 cm³/mol. The van der Waals surface area contributed by atoms with E-state index in [0.717, 1.165) is 17.5 Å². The molecular formula is C31H38O9. The summed E-state index contributed by atoms with van der Waals surface area (Å²) in [5, 5.41) is 27.0. The first kappa shape index (κ1) is 29.8. The zero-order valence-electron chi connectivity index (χ0n) is 22.7. The molecule has 0 saturated heterocycles. The Labute approximate surface area is 234 Å². The maximum absolute atomic E-state index is 9.04. The van der Waals surface area contributed by atoms with Gasteiger partial charge in [0.25, 0.3) is 0 Å². The third-order valence-electron chi connectivity index (χ3n) is 6.33. The SMILES string of the molecule is OCCOCCOc1cc(OCCOCCO)c(-c2cccc3c2Cc2ccccc2-3)c(OCCOCCO)c1. The smallest absolute Gasteiger partial charge is 0.134 e. The molecule has 4 rings (SSSR count). The van der Waals surface area contributed by atoms with Crippen molar-refractivity contribution in [2.75, 3.05) is 79.3 Å². The number of hydrogen-bond acceptors (Lipinski definition) is 9. The molecule has 0 heterocycles. The molecule has 9 nitrogen and oxygen atoms in total. The number of rotatable bonds is 19. The van der Waals surface area contributed by atoms with Crippen LogP contribution in [-0.4, -0.2) is 94.6 Å². The van der Waals surface area contributed by atoms with E-state index in [1.165, 1.54) is 22.3 Å². The second-order valence-corrected chi connectivity index (χ2v) is 9.01. The van der Waals surface area contributed by atoms with Crippen molar-refractivity contribution < 1.29 is 43.7 Å². The van der Waals surface area contributed by atoms with Crippen molar-refractivity contribution in [3.63, 3.8) is 0 Å². The molecule has 0 unspecified atom stereocenters. The van der Waals surface area contributed by atoms with Gasteiger partial charge in [0.15, 0.2) is 0 Å². The summed E-state index contributed by atoms with van der Waals surface area (Å²) in [7, 11) is 0. The highest BCUT2D eigenvalue weighted by molar-refractivity contribution is 5.89. The summed E-state index contributed by atoms with van der Waals surface area (Å²) in [5.41, 5.74) is 6.68. The van der Waals surface area contributed by atoms with Crippen LogP contribution in [0, 0.1) is 0 Å². The quantitative estimate of drug-likeness (QED) is 0.150. The van der Waals surface area contributed by atoms with Gasteiger partial charge in [-0.3, -0.25) is 0 Å². The molecule has 0 saturated carbocycles. The average Bonchev–Trinajstić information content (AvgIpc) is 3.36. The normalized spacial score (nSPS) is 11.8. The highest BCUT2D eigenvalue weighted by Crippen LogP contribution is 2.48. The lowest BCUT2D eigenvalue weighted by molar-refractivity contribution is 0.0675. The van der Waals surface area contributed by atoms with Crippen molar-refractivity contribution in [2.24, 2.45) is 0 Å². The Balaban J connectivity index is 1.69. The average molecular weight is 555 g/mol. The third kappa shape index (κ3) is 7.94. The van der Waals surface area contributed by atoms with Gasteiger partial charge in [-0.2, -0.15) is 0 Å². The summed E-state index contributed by atoms with van der Waals surface area (Å²) in [5.74, 6) is 1.71. The lowest BCUT2D eigenvalue weighted by Crippen LogP contribution is -2.13. The maximum atomic E-state index is 9.04. The van der Waals surface area contributed by atoms with Crippen molar-refractivity contribution in [3.05, 3.63) is 65.7 Å². The second-order valence-electron chi connectivity index (χ2n) is 9.01. The fourth-order valence-corrected chi connectivity index (χ4v) is 4.67. The Morgan fingerprint density at radius 1 is 0.525 bits per heavy atom. The number of ether oxygens (including phenoxy) is 6. The maximum Gasteiger partial charge on any atom is 0.134 e. The fourth-order valence-electron chi connectivity index (χ4n) is 4.67. The molecule has 0 amide bonds. The van der Waals surface area contributed by atoms with Gasteiger partial charge >= 0.3 is 0 Å². The lowest BCUT2D eigenvalue weighted by Gasteiger charge is -2.21. The van der Waals surface area contributed by atoms with Crippen molar-refractivity contribution in [1.82, 2.24) is 0 Å². The third-order valence-corrected chi connectivity index (χ3v) is 6.33. The van der Waals surface area contributed by atoms with Crippen LogP contribution in [0.4, 0.5) is 0 Å². The zero-order chi connectivity index (χ0) is 28.0. The first-order chi connectivity index (χ1) is 19.8. The van der Waals surface area contributed by atoms with Crippen LogP contribution in [0.15, 0.2) is 54.6 Å². The van der Waals surface area contributed by atoms with Crippen LogP contribution < -0.4 is 14.2 Å². The molecule has 3 N–H and O–H groups in total. The predicted octanol–water partition coefficient (Wildman–Crippen LogP) is 3.09. The van der Waals surface area contributed by atoms with Gasteiger partial charge in [-0.15, -0.1) is 0 Å². The lowest BCUT2D eigenvalue weighted by atomic mass is 9.94. The second kappa shape index (κ2) is 16.2. The largest absolute Gasteiger partial charge is 0.491 e. The molecule has 216 valence electrons. The highest BCUT2D eigenvalue weighted by atomic mass is 16.5. The zero-order valence-corrected chi connectivity index (χ0v) is 22.7. The van der Waals surface area contributed by atoms with Gasteiger partial charge < -0.3 is 43.7 Å². The molecule has 0 spiro atoms. The van der Waals surface area contributed by atoms with Gasteiger partial charge in [0.2, 0.25) is 0 Å². The van der Waals surface area contributed by atoms with E-state index in [-0.39, 0.29) is 59.5 Å². The van der Waals surface area contributed by atoms with Gasteiger partial charge in [0.05, 0.1) is 65.0 Å². The van der Waals surface area contributed by atoms with Crippen LogP contribution in [0.2, 0.25) is 0 Å². The number of fused-ring (bicyclic) bond motifs is 3. The van der Waals surface area contributed by atoms with E-state index in [1.54, 1.807) is 0 Å². The highest BCUT2D eigenvalue weighted by Gasteiger charge is 2.25. The molecular weight excluding hydrogens is 516 g/mol. The van der Waals surface area contributed by atoms with E-state index in [4.69, 9.17) is 43.7 Å². The molecule has 0 aromatic heterocycles. The molecule has 0 fully saturated rings. The Bertz CT molecular complexity index is 1160. The molecule has 0 radical (unpaired) electrons. The standard InChI is InChI=1S/C31H38O9/c32-8-11-35-14-17-38-24-21-29(39-18-15-36-12-9-33)31(30(22-24)40-19-16-37-13-10-34)27-7-3-6-26-25-5-2-1-4-23(25)20-28(26)27/h1-7,21-22,32-34H,8-20H2. The van der Waals surface area contributed by atoms with E-state index in [0.29, 0.717) is 37.1 Å². The number of aliphatic hydroxyl groups is 3. The summed E-state index contributed by atoms with van der Waals surface area (Å²) in [6, 6.07) is 18.3. The van der Waals surface area contributed by atoms with Crippen molar-refractivity contribution >= 4 is 0 Å². The fraction of sp³-hybridized carbons (Fsp3) is 0.419. The number of benzene rings is 3. The molecule has 0 aliphatic heterocycles. The summed E-state index contributed by atoms with van der Waals surface area (Å²) in [4.78, 5) is 0. The summed E-state index contributed by atoms with van der Waals surface area (Å²) in [6.45, 7) is 2.32. The Morgan fingerprint density at radius 2 is 1.05 bits per heavy atom. The van der Waals surface area contributed by atoms with Gasteiger partial charge in [-0.05, 0) is 34.2 Å². The molecule has 1 aliphatic rings. The molecule has 40 heavy (non-hydrogen) atoms. The van der Waals surface area contributed by atoms with Gasteiger partial charge in [-0.25, -0.2) is 0 Å². The van der Waals surface area contributed by atoms with Gasteiger partial charge in [-0.1, -0.05) is 42.5 Å². The topological polar surface area (TPSA) is 116 Å². The van der Waals surface area contributed by atoms with Gasteiger partial charge in [0, 0.05) is 12.1 Å². The van der Waals surface area contributed by atoms with Crippen LogP contribution in [0.25, 0.3) is 22.3 Å². The molecule has 0 atom stereocenters. The number of hydrogen-bond donors (Lipinski definition) is 3. The van der Waals surface area contributed by atoms with Crippen LogP contribution in [0.3, 0.4) is 0 Å². The van der Waals surface area contributed by atoms with Crippen LogP contribution in [0.1, 0.15) is 11.1 Å². The molecule has 1 aliphatic carbocycles. The summed E-state index contributed by atoms with van der Waals surface area (Å²) >= 11 is 0. The monoisotopic (exact) mass is 554 g/mol. The minimum Gasteiger partial charge on any atom is -0.491 e. The van der Waals surface area contributed by atoms with Gasteiger partial charge in [0.1, 0.15) is 37.1 Å². The molecule has 0 bridgehead atoms. The van der Waals surface area contributed by atoms with E-state index >= 15 is 0 Å². The van der Waals surface area contributed by atoms with Crippen LogP contribution >= 0.6 is 0 Å². The summed E-state index contributed by atoms with van der Waals surface area (Å²) < 4.78 is 34.6. The van der Waals surface area contributed by atoms with E-state index in [9.17, 15) is 0 Å². The Kier molecular flexibility index (Phi) is 12.0. The van der Waals surface area contributed by atoms with Crippen molar-refractivity contribution in [1.29, 1.82) is 0 Å². The first-order valence-corrected chi connectivity index (χ1v) is 13.6. The van der Waals surface area contributed by atoms with E-state index in [2.05, 4.69) is 36.4 Å². The minimum atomic E-state index is -0.0556. The number of aliphatic hydroxyl groups excluding tert-OH is 3. The van der Waals surface area contributed by atoms with Crippen LogP contribution in [-0.2, 0) is 20.6 Å². The Hall–Kier alpha value is -3.18. The van der Waals surface area contributed by atoms with Crippen molar-refractivity contribution in [2.45, 2.75) is 6.42 Å².